The van der Waals surface area contributed by atoms with Crippen LogP contribution < -0.4 is 14.2 Å². The molecular weight excluding hydrogens is 402 g/mol. The van der Waals surface area contributed by atoms with Gasteiger partial charge in [-0.15, -0.1) is 0 Å². The highest BCUT2D eigenvalue weighted by Gasteiger charge is 2.24. The van der Waals surface area contributed by atoms with Crippen LogP contribution in [0.2, 0.25) is 0 Å². The van der Waals surface area contributed by atoms with Crippen molar-refractivity contribution in [2.45, 2.75) is 13.0 Å². The van der Waals surface area contributed by atoms with Gasteiger partial charge in [-0.3, -0.25) is 0 Å². The third-order valence-electron chi connectivity index (χ3n) is 4.62. The van der Waals surface area contributed by atoms with Crippen LogP contribution in [-0.4, -0.2) is 32.2 Å². The van der Waals surface area contributed by atoms with Crippen LogP contribution in [0.4, 0.5) is 0 Å². The van der Waals surface area contributed by atoms with Crippen LogP contribution >= 0.6 is 0 Å². The number of hydrogen-bond donors (Lipinski definition) is 1. The molecule has 3 aromatic rings. The molecule has 0 saturated carbocycles. The lowest BCUT2D eigenvalue weighted by Crippen LogP contribution is -2.29. The van der Waals surface area contributed by atoms with Gasteiger partial charge in [0.15, 0.2) is 0 Å². The van der Waals surface area contributed by atoms with Crippen LogP contribution in [0, 0.1) is 6.92 Å². The number of hydrogen-bond acceptors (Lipinski definition) is 5. The molecule has 1 unspecified atom stereocenters. The molecule has 0 saturated heterocycles. The Morgan fingerprint density at radius 1 is 1.07 bits per heavy atom. The van der Waals surface area contributed by atoms with E-state index in [1.807, 2.05) is 38.2 Å². The van der Waals surface area contributed by atoms with Crippen molar-refractivity contribution in [2.24, 2.45) is 7.05 Å². The van der Waals surface area contributed by atoms with Crippen LogP contribution in [0.3, 0.4) is 0 Å². The summed E-state index contributed by atoms with van der Waals surface area (Å²) in [6, 6.07) is 12.1. The monoisotopic (exact) mass is 427 g/mol. The van der Waals surface area contributed by atoms with Crippen molar-refractivity contribution in [1.82, 2.24) is 14.3 Å². The smallest absolute Gasteiger partial charge is 0.234 e. The van der Waals surface area contributed by atoms with Crippen LogP contribution in [0.1, 0.15) is 28.6 Å². The molecule has 0 aliphatic carbocycles. The molecule has 0 aliphatic rings. The van der Waals surface area contributed by atoms with Gasteiger partial charge >= 0.3 is 0 Å². The molecule has 2 aromatic carbocycles. The van der Waals surface area contributed by atoms with Crippen molar-refractivity contribution >= 4 is 16.1 Å². The number of methoxy groups -OCH3 is 2. The van der Waals surface area contributed by atoms with Crippen molar-refractivity contribution in [1.29, 1.82) is 0 Å². The van der Waals surface area contributed by atoms with E-state index in [-0.39, 0.29) is 0 Å². The minimum atomic E-state index is -3.78. The zero-order valence-electron chi connectivity index (χ0n) is 17.4. The van der Waals surface area contributed by atoms with Gasteiger partial charge < -0.3 is 14.0 Å². The molecule has 158 valence electrons. The summed E-state index contributed by atoms with van der Waals surface area (Å²) in [6.07, 6.45) is 4.94. The summed E-state index contributed by atoms with van der Waals surface area (Å²) in [5, 5.41) is 1.16. The molecule has 1 atom stereocenters. The number of nitrogens with zero attached hydrogens (tertiary/aromatic N) is 2. The second-order valence-electron chi connectivity index (χ2n) is 6.85. The lowest BCUT2D eigenvalue weighted by Gasteiger charge is -2.19. The normalized spacial score (nSPS) is 12.8. The Morgan fingerprint density at radius 2 is 1.70 bits per heavy atom. The maximum absolute atomic E-state index is 12.9. The molecule has 0 spiro atoms. The van der Waals surface area contributed by atoms with Crippen LogP contribution in [-0.2, 0) is 17.1 Å². The zero-order valence-corrected chi connectivity index (χ0v) is 18.2. The Balaban J connectivity index is 1.98. The minimum absolute atomic E-state index is 0.539. The van der Waals surface area contributed by atoms with Gasteiger partial charge in [0.25, 0.3) is 0 Å². The second-order valence-corrected chi connectivity index (χ2v) is 8.45. The Hall–Kier alpha value is -3.10. The van der Waals surface area contributed by atoms with Crippen molar-refractivity contribution in [3.63, 3.8) is 0 Å². The highest BCUT2D eigenvalue weighted by Crippen LogP contribution is 2.30. The summed E-state index contributed by atoms with van der Waals surface area (Å²) in [5.74, 6) is 1.65. The number of rotatable bonds is 8. The third kappa shape index (κ3) is 5.28. The number of nitrogens with one attached hydrogen (secondary N) is 1. The van der Waals surface area contributed by atoms with E-state index in [1.165, 1.54) is 0 Å². The van der Waals surface area contributed by atoms with E-state index in [9.17, 15) is 8.42 Å². The standard InChI is InChI=1S/C22H25N3O4S/c1-16-5-7-17(8-6-16)9-12-30(26,27)24-21(22-23-10-11-25(22)2)18-13-19(28-3)15-20(14-18)29-4/h5-15,21,24H,1-4H3/b12-9+. The summed E-state index contributed by atoms with van der Waals surface area (Å²) in [5.41, 5.74) is 2.55. The van der Waals surface area contributed by atoms with E-state index in [0.29, 0.717) is 22.9 Å². The van der Waals surface area contributed by atoms with Gasteiger partial charge in [-0.05, 0) is 36.3 Å². The molecule has 1 N–H and O–H groups in total. The summed E-state index contributed by atoms with van der Waals surface area (Å²) in [7, 11) is 1.11. The summed E-state index contributed by atoms with van der Waals surface area (Å²) in [4.78, 5) is 4.35. The fourth-order valence-corrected chi connectivity index (χ4v) is 3.96. The number of sulfonamides is 1. The maximum atomic E-state index is 12.9. The van der Waals surface area contributed by atoms with Gasteiger partial charge in [-0.2, -0.15) is 4.72 Å². The second kappa shape index (κ2) is 9.15. The molecule has 0 fully saturated rings. The van der Waals surface area contributed by atoms with Crippen molar-refractivity contribution < 1.29 is 17.9 Å². The van der Waals surface area contributed by atoms with E-state index in [0.717, 1.165) is 16.5 Å². The van der Waals surface area contributed by atoms with Gasteiger partial charge in [0.1, 0.15) is 23.4 Å². The molecule has 0 aliphatic heterocycles. The summed E-state index contributed by atoms with van der Waals surface area (Å²) in [6.45, 7) is 1.98. The van der Waals surface area contributed by atoms with E-state index in [4.69, 9.17) is 9.47 Å². The lowest BCUT2D eigenvalue weighted by atomic mass is 10.1. The number of imidazole rings is 1. The molecule has 8 heteroatoms. The third-order valence-corrected chi connectivity index (χ3v) is 5.68. The number of benzene rings is 2. The SMILES string of the molecule is COc1cc(OC)cc(C(NS(=O)(=O)/C=C/c2ccc(C)cc2)c2nccn2C)c1. The fourth-order valence-electron chi connectivity index (χ4n) is 2.97. The van der Waals surface area contributed by atoms with Gasteiger partial charge in [0, 0.05) is 30.9 Å². The highest BCUT2D eigenvalue weighted by atomic mass is 32.2. The van der Waals surface area contributed by atoms with Gasteiger partial charge in [-0.1, -0.05) is 29.8 Å². The molecule has 0 amide bonds. The van der Waals surface area contributed by atoms with Crippen molar-refractivity contribution in [3.8, 4) is 11.5 Å². The first-order valence-electron chi connectivity index (χ1n) is 9.28. The van der Waals surface area contributed by atoms with Gasteiger partial charge in [0.2, 0.25) is 10.0 Å². The van der Waals surface area contributed by atoms with Crippen LogP contribution in [0.15, 0.2) is 60.3 Å². The largest absolute Gasteiger partial charge is 0.497 e. The fraction of sp³-hybridized carbons (Fsp3) is 0.227. The Bertz CT molecular complexity index is 1110. The maximum Gasteiger partial charge on any atom is 0.234 e. The molecule has 0 radical (unpaired) electrons. The number of aromatic nitrogens is 2. The Labute approximate surface area is 177 Å². The molecular formula is C22H25N3O4S. The summed E-state index contributed by atoms with van der Waals surface area (Å²) >= 11 is 0. The Morgan fingerprint density at radius 3 is 2.23 bits per heavy atom. The Kier molecular flexibility index (Phi) is 6.59. The van der Waals surface area contributed by atoms with Crippen molar-refractivity contribution in [3.05, 3.63) is 82.8 Å². The first-order chi connectivity index (χ1) is 14.3. The number of ether oxygens (including phenoxy) is 2. The average Bonchev–Trinajstić information content (AvgIpc) is 3.17. The van der Waals surface area contributed by atoms with Crippen LogP contribution in [0.5, 0.6) is 11.5 Å². The molecule has 30 heavy (non-hydrogen) atoms. The lowest BCUT2D eigenvalue weighted by molar-refractivity contribution is 0.392. The van der Waals surface area contributed by atoms with Gasteiger partial charge in [0.05, 0.1) is 14.2 Å². The van der Waals surface area contributed by atoms with Crippen molar-refractivity contribution in [2.75, 3.05) is 14.2 Å². The predicted molar refractivity (Wildman–Crippen MR) is 117 cm³/mol. The highest BCUT2D eigenvalue weighted by molar-refractivity contribution is 7.92. The quantitative estimate of drug-likeness (QED) is 0.596. The average molecular weight is 428 g/mol. The molecule has 3 rings (SSSR count). The van der Waals surface area contributed by atoms with Crippen LogP contribution in [0.25, 0.3) is 6.08 Å². The van der Waals surface area contributed by atoms with Gasteiger partial charge in [-0.25, -0.2) is 13.4 Å². The molecule has 1 heterocycles. The number of aryl methyl sites for hydroxylation is 2. The first-order valence-corrected chi connectivity index (χ1v) is 10.8. The van der Waals surface area contributed by atoms with E-state index in [2.05, 4.69) is 9.71 Å². The topological polar surface area (TPSA) is 82.4 Å². The zero-order chi connectivity index (χ0) is 21.7. The van der Waals surface area contributed by atoms with E-state index < -0.39 is 16.1 Å². The van der Waals surface area contributed by atoms with E-state index in [1.54, 1.807) is 55.5 Å². The molecule has 0 bridgehead atoms. The van der Waals surface area contributed by atoms with E-state index >= 15 is 0 Å². The minimum Gasteiger partial charge on any atom is -0.497 e. The predicted octanol–water partition coefficient (Wildman–Crippen LogP) is 3.43. The molecule has 7 nitrogen and oxygen atoms in total. The molecule has 1 aromatic heterocycles. The summed E-state index contributed by atoms with van der Waals surface area (Å²) < 4.78 is 40.9. The first kappa shape index (κ1) is 21.6.